The van der Waals surface area contributed by atoms with Crippen LogP contribution >= 0.6 is 0 Å². The number of hydrogen-bond donors (Lipinski definition) is 0. The summed E-state index contributed by atoms with van der Waals surface area (Å²) in [5.74, 6) is 0. The molecule has 21 heavy (non-hydrogen) atoms. The van der Waals surface area contributed by atoms with Gasteiger partial charge in [0.25, 0.3) is 0 Å². The van der Waals surface area contributed by atoms with Crippen molar-refractivity contribution in [1.29, 1.82) is 0 Å². The zero-order valence-electron chi connectivity index (χ0n) is 18.0. The molecule has 0 radical (unpaired) electrons. The first kappa shape index (κ1) is 27.8. The molecule has 0 fully saturated rings. The van der Waals surface area contributed by atoms with Crippen LogP contribution in [-0.4, -0.2) is 0 Å². The minimum absolute atomic E-state index is 0. The number of rotatable bonds is 16. The van der Waals surface area contributed by atoms with Crippen molar-refractivity contribution in [3.05, 3.63) is 0 Å². The van der Waals surface area contributed by atoms with E-state index in [1.807, 2.05) is 0 Å². The van der Waals surface area contributed by atoms with Gasteiger partial charge in [0.1, 0.15) is 0 Å². The van der Waals surface area contributed by atoms with E-state index in [1.54, 1.807) is 0 Å². The van der Waals surface area contributed by atoms with Crippen LogP contribution in [0.3, 0.4) is 0 Å². The van der Waals surface area contributed by atoms with Gasteiger partial charge in [0.15, 0.2) is 0 Å². The van der Waals surface area contributed by atoms with Gasteiger partial charge in [-0.05, 0) is 0 Å². The van der Waals surface area contributed by atoms with Crippen molar-refractivity contribution in [2.75, 3.05) is 0 Å². The van der Waals surface area contributed by atoms with Crippen LogP contribution in [0.4, 0.5) is 0 Å². The minimum Gasteiger partial charge on any atom is -1.00 e. The first-order chi connectivity index (χ1) is 9.41. The zero-order valence-corrected chi connectivity index (χ0v) is 20.0. The summed E-state index contributed by atoms with van der Waals surface area (Å²) in [5, 5.41) is 0. The SMILES string of the molecule is CCCCCCCCCCCCCCCCCCC.[H-].[H-].[Na+].[Na+]. The molecular formula is C19H42Na2. The monoisotopic (exact) mass is 316 g/mol. The Hall–Kier alpha value is 2.00. The third kappa shape index (κ3) is 27.2. The molecule has 2 heteroatoms. The molecular weight excluding hydrogens is 274 g/mol. The van der Waals surface area contributed by atoms with Gasteiger partial charge < -0.3 is 2.85 Å². The van der Waals surface area contributed by atoms with Crippen LogP contribution in [0.25, 0.3) is 0 Å². The van der Waals surface area contributed by atoms with E-state index < -0.39 is 0 Å². The van der Waals surface area contributed by atoms with Crippen LogP contribution in [0.1, 0.15) is 126 Å². The molecule has 0 aliphatic carbocycles. The van der Waals surface area contributed by atoms with E-state index in [0.717, 1.165) is 0 Å². The normalized spacial score (nSPS) is 10.0. The molecule has 0 aromatic heterocycles. The Balaban J connectivity index is -0.000000270. The fraction of sp³-hybridized carbons (Fsp3) is 1.00. The van der Waals surface area contributed by atoms with Gasteiger partial charge in [-0.3, -0.25) is 0 Å². The molecule has 0 heterocycles. The van der Waals surface area contributed by atoms with E-state index >= 15 is 0 Å². The Morgan fingerprint density at radius 1 is 0.333 bits per heavy atom. The average molecular weight is 317 g/mol. The van der Waals surface area contributed by atoms with Crippen molar-refractivity contribution < 1.29 is 62.0 Å². The average Bonchev–Trinajstić information content (AvgIpc) is 2.43. The van der Waals surface area contributed by atoms with Crippen LogP contribution in [0.5, 0.6) is 0 Å². The summed E-state index contributed by atoms with van der Waals surface area (Å²) in [5.41, 5.74) is 0. The Morgan fingerprint density at radius 3 is 0.619 bits per heavy atom. The fourth-order valence-corrected chi connectivity index (χ4v) is 2.80. The van der Waals surface area contributed by atoms with Crippen LogP contribution in [0, 0.1) is 0 Å². The van der Waals surface area contributed by atoms with Gasteiger partial charge in [-0.25, -0.2) is 0 Å². The van der Waals surface area contributed by atoms with Gasteiger partial charge in [-0.1, -0.05) is 123 Å². The van der Waals surface area contributed by atoms with Crippen molar-refractivity contribution >= 4 is 0 Å². The minimum atomic E-state index is 0. The summed E-state index contributed by atoms with van der Waals surface area (Å²) in [6, 6.07) is 0. The molecule has 0 amide bonds. The molecule has 0 aromatic carbocycles. The molecule has 0 nitrogen and oxygen atoms in total. The maximum absolute atomic E-state index is 2.30. The van der Waals surface area contributed by atoms with Crippen molar-refractivity contribution in [2.24, 2.45) is 0 Å². The Bertz CT molecular complexity index is 142. The van der Waals surface area contributed by atoms with Crippen LogP contribution in [-0.2, 0) is 0 Å². The molecule has 0 spiro atoms. The van der Waals surface area contributed by atoms with E-state index in [4.69, 9.17) is 0 Å². The predicted molar refractivity (Wildman–Crippen MR) is 92.1 cm³/mol. The van der Waals surface area contributed by atoms with Gasteiger partial charge in [0.2, 0.25) is 0 Å². The maximum Gasteiger partial charge on any atom is 1.00 e. The quantitative estimate of drug-likeness (QED) is 0.301. The molecule has 0 N–H and O–H groups in total. The first-order valence-corrected chi connectivity index (χ1v) is 9.41. The van der Waals surface area contributed by atoms with Crippen LogP contribution < -0.4 is 59.1 Å². The molecule has 0 unspecified atom stereocenters. The second-order valence-electron chi connectivity index (χ2n) is 6.30. The Kier molecular flexibility index (Phi) is 35.6. The van der Waals surface area contributed by atoms with E-state index in [1.165, 1.54) is 109 Å². The predicted octanol–water partition coefficient (Wildman–Crippen LogP) is 1.89. The fourth-order valence-electron chi connectivity index (χ4n) is 2.80. The first-order valence-electron chi connectivity index (χ1n) is 9.41. The molecule has 0 aliphatic heterocycles. The summed E-state index contributed by atoms with van der Waals surface area (Å²) in [6.45, 7) is 4.59. The summed E-state index contributed by atoms with van der Waals surface area (Å²) >= 11 is 0. The number of unbranched alkanes of at least 4 members (excludes halogenated alkanes) is 16. The van der Waals surface area contributed by atoms with Gasteiger partial charge in [0, 0.05) is 0 Å². The van der Waals surface area contributed by atoms with E-state index in [2.05, 4.69) is 13.8 Å². The largest absolute Gasteiger partial charge is 1.00 e. The van der Waals surface area contributed by atoms with Crippen molar-refractivity contribution in [3.63, 3.8) is 0 Å². The molecule has 0 saturated carbocycles. The summed E-state index contributed by atoms with van der Waals surface area (Å²) in [6.07, 6.45) is 24.9. The standard InChI is InChI=1S/C19H40.2Na.2H/c1-3-5-7-9-11-13-15-17-19-18-16-14-12-10-8-6-4-2;;;;/h3-19H2,1-2H3;;;;/q;2*+1;2*-1. The van der Waals surface area contributed by atoms with Crippen LogP contribution in [0.15, 0.2) is 0 Å². The molecule has 0 rings (SSSR count). The summed E-state index contributed by atoms with van der Waals surface area (Å²) in [4.78, 5) is 0. The Labute approximate surface area is 183 Å². The van der Waals surface area contributed by atoms with E-state index in [9.17, 15) is 0 Å². The zero-order chi connectivity index (χ0) is 14.0. The molecule has 0 bridgehead atoms. The maximum atomic E-state index is 2.30. The molecule has 0 aromatic rings. The second-order valence-corrected chi connectivity index (χ2v) is 6.30. The third-order valence-corrected chi connectivity index (χ3v) is 4.21. The van der Waals surface area contributed by atoms with Crippen molar-refractivity contribution in [3.8, 4) is 0 Å². The number of hydrogen-bond acceptors (Lipinski definition) is 0. The summed E-state index contributed by atoms with van der Waals surface area (Å²) < 4.78 is 0. The van der Waals surface area contributed by atoms with E-state index in [-0.39, 0.29) is 62.0 Å². The molecule has 0 atom stereocenters. The van der Waals surface area contributed by atoms with Gasteiger partial charge in [-0.15, -0.1) is 0 Å². The van der Waals surface area contributed by atoms with Gasteiger partial charge >= 0.3 is 59.1 Å². The molecule has 0 saturated heterocycles. The van der Waals surface area contributed by atoms with Gasteiger partial charge in [0.05, 0.1) is 0 Å². The van der Waals surface area contributed by atoms with Crippen LogP contribution in [0.2, 0.25) is 0 Å². The van der Waals surface area contributed by atoms with E-state index in [0.29, 0.717) is 0 Å². The van der Waals surface area contributed by atoms with Crippen molar-refractivity contribution in [2.45, 2.75) is 123 Å². The van der Waals surface area contributed by atoms with Crippen molar-refractivity contribution in [1.82, 2.24) is 0 Å². The smallest absolute Gasteiger partial charge is 1.00 e. The Morgan fingerprint density at radius 2 is 0.476 bits per heavy atom. The molecule has 0 aliphatic rings. The third-order valence-electron chi connectivity index (χ3n) is 4.21. The topological polar surface area (TPSA) is 0 Å². The summed E-state index contributed by atoms with van der Waals surface area (Å²) in [7, 11) is 0. The van der Waals surface area contributed by atoms with Gasteiger partial charge in [-0.2, -0.15) is 0 Å². The molecule has 120 valence electrons. The second kappa shape index (κ2) is 26.9.